The molecule has 124 valence electrons. The molecule has 0 fully saturated rings. The SMILES string of the molecule is Cc1sc(=O)n(CC(=O)N2CCCc3c(N)cccc32)c1C.Cl. The average molecular weight is 354 g/mol. The summed E-state index contributed by atoms with van der Waals surface area (Å²) < 4.78 is 1.56. The van der Waals surface area contributed by atoms with Crippen LogP contribution in [0, 0.1) is 13.8 Å². The minimum Gasteiger partial charge on any atom is -0.398 e. The number of fused-ring (bicyclic) bond motifs is 1. The molecule has 0 unspecified atom stereocenters. The van der Waals surface area contributed by atoms with Gasteiger partial charge in [-0.2, -0.15) is 0 Å². The number of nitrogens with zero attached hydrogens (tertiary/aromatic N) is 2. The Labute approximate surface area is 145 Å². The molecule has 2 heterocycles. The Kier molecular flexibility index (Phi) is 5.16. The molecule has 3 rings (SSSR count). The second-order valence-corrected chi connectivity index (χ2v) is 6.76. The molecule has 2 N–H and O–H groups in total. The van der Waals surface area contributed by atoms with Gasteiger partial charge in [0.15, 0.2) is 0 Å². The molecule has 0 spiro atoms. The topological polar surface area (TPSA) is 68.3 Å². The normalized spacial score (nSPS) is 13.4. The molecular formula is C16H20ClN3O2S. The van der Waals surface area contributed by atoms with E-state index < -0.39 is 0 Å². The van der Waals surface area contributed by atoms with E-state index in [0.29, 0.717) is 6.54 Å². The van der Waals surface area contributed by atoms with Crippen molar-refractivity contribution in [3.63, 3.8) is 0 Å². The maximum atomic E-state index is 12.7. The molecule has 1 aliphatic heterocycles. The van der Waals surface area contributed by atoms with Gasteiger partial charge >= 0.3 is 4.87 Å². The number of amides is 1. The second kappa shape index (κ2) is 6.76. The summed E-state index contributed by atoms with van der Waals surface area (Å²) in [6, 6.07) is 5.66. The summed E-state index contributed by atoms with van der Waals surface area (Å²) in [5.41, 5.74) is 9.53. The number of aromatic nitrogens is 1. The number of aryl methyl sites for hydroxylation is 1. The van der Waals surface area contributed by atoms with Crippen LogP contribution < -0.4 is 15.5 Å². The van der Waals surface area contributed by atoms with Crippen LogP contribution in [-0.2, 0) is 17.8 Å². The molecule has 0 saturated heterocycles. The molecule has 1 aliphatic rings. The van der Waals surface area contributed by atoms with Crippen LogP contribution in [0.25, 0.3) is 0 Å². The Morgan fingerprint density at radius 2 is 2.09 bits per heavy atom. The van der Waals surface area contributed by atoms with Crippen molar-refractivity contribution >= 4 is 41.0 Å². The largest absolute Gasteiger partial charge is 0.398 e. The summed E-state index contributed by atoms with van der Waals surface area (Å²) in [6.07, 6.45) is 1.78. The molecule has 0 radical (unpaired) electrons. The lowest BCUT2D eigenvalue weighted by Gasteiger charge is -2.30. The van der Waals surface area contributed by atoms with Crippen LogP contribution in [0.15, 0.2) is 23.0 Å². The van der Waals surface area contributed by atoms with E-state index in [-0.39, 0.29) is 29.7 Å². The molecule has 23 heavy (non-hydrogen) atoms. The molecule has 0 saturated carbocycles. The van der Waals surface area contributed by atoms with Crippen LogP contribution in [0.2, 0.25) is 0 Å². The number of carbonyl (C=O) groups excluding carboxylic acids is 1. The maximum Gasteiger partial charge on any atom is 0.308 e. The van der Waals surface area contributed by atoms with E-state index >= 15 is 0 Å². The van der Waals surface area contributed by atoms with Gasteiger partial charge in [0, 0.05) is 28.5 Å². The van der Waals surface area contributed by atoms with E-state index in [1.165, 1.54) is 11.3 Å². The smallest absolute Gasteiger partial charge is 0.308 e. The lowest BCUT2D eigenvalue weighted by molar-refractivity contribution is -0.119. The number of hydrogen-bond donors (Lipinski definition) is 1. The van der Waals surface area contributed by atoms with E-state index in [1.807, 2.05) is 32.0 Å². The number of hydrogen-bond acceptors (Lipinski definition) is 4. The third-order valence-electron chi connectivity index (χ3n) is 4.26. The van der Waals surface area contributed by atoms with Crippen LogP contribution in [0.4, 0.5) is 11.4 Å². The summed E-state index contributed by atoms with van der Waals surface area (Å²) >= 11 is 1.19. The first-order chi connectivity index (χ1) is 10.5. The molecule has 0 bridgehead atoms. The molecule has 0 atom stereocenters. The van der Waals surface area contributed by atoms with Crippen LogP contribution in [0.1, 0.15) is 22.6 Å². The molecule has 2 aromatic rings. The summed E-state index contributed by atoms with van der Waals surface area (Å²) in [5.74, 6) is -0.0606. The number of carbonyl (C=O) groups is 1. The van der Waals surface area contributed by atoms with Gasteiger partial charge in [0.05, 0.1) is 0 Å². The van der Waals surface area contributed by atoms with Crippen molar-refractivity contribution in [2.75, 3.05) is 17.2 Å². The van der Waals surface area contributed by atoms with Gasteiger partial charge in [-0.15, -0.1) is 12.4 Å². The van der Waals surface area contributed by atoms with Crippen LogP contribution in [0.3, 0.4) is 0 Å². The summed E-state index contributed by atoms with van der Waals surface area (Å²) in [4.78, 5) is 27.3. The maximum absolute atomic E-state index is 12.7. The second-order valence-electron chi connectivity index (χ2n) is 5.59. The van der Waals surface area contributed by atoms with Crippen molar-refractivity contribution in [1.29, 1.82) is 0 Å². The summed E-state index contributed by atoms with van der Waals surface area (Å²) in [6.45, 7) is 4.54. The third kappa shape index (κ3) is 3.14. The Balaban J connectivity index is 0.00000192. The minimum absolute atomic E-state index is 0. The van der Waals surface area contributed by atoms with E-state index in [1.54, 1.807) is 9.47 Å². The molecule has 1 amide bonds. The Morgan fingerprint density at radius 1 is 1.35 bits per heavy atom. The standard InChI is InChI=1S/C16H19N3O2S.ClH/c1-10-11(2)22-16(21)19(10)9-15(20)18-8-4-5-12-13(17)6-3-7-14(12)18;/h3,6-7H,4-5,8-9,17H2,1-2H3;1H. The molecule has 5 nitrogen and oxygen atoms in total. The number of anilines is 2. The fraction of sp³-hybridized carbons (Fsp3) is 0.375. The third-order valence-corrected chi connectivity index (χ3v) is 5.25. The van der Waals surface area contributed by atoms with Gasteiger partial charge in [0.2, 0.25) is 5.91 Å². The average Bonchev–Trinajstić information content (AvgIpc) is 2.73. The first-order valence-electron chi connectivity index (χ1n) is 7.33. The molecule has 0 aliphatic carbocycles. The summed E-state index contributed by atoms with van der Waals surface area (Å²) in [7, 11) is 0. The first kappa shape index (κ1) is 17.6. The highest BCUT2D eigenvalue weighted by molar-refractivity contribution is 7.09. The molecule has 1 aromatic heterocycles. The quantitative estimate of drug-likeness (QED) is 0.843. The van der Waals surface area contributed by atoms with E-state index in [9.17, 15) is 9.59 Å². The van der Waals surface area contributed by atoms with E-state index in [2.05, 4.69) is 0 Å². The van der Waals surface area contributed by atoms with Gasteiger partial charge in [0.1, 0.15) is 6.54 Å². The number of thiazole rings is 1. The lowest BCUT2D eigenvalue weighted by atomic mass is 10.00. The monoisotopic (exact) mass is 353 g/mol. The highest BCUT2D eigenvalue weighted by atomic mass is 35.5. The lowest BCUT2D eigenvalue weighted by Crippen LogP contribution is -2.39. The fourth-order valence-electron chi connectivity index (χ4n) is 2.90. The first-order valence-corrected chi connectivity index (χ1v) is 8.15. The minimum atomic E-state index is -0.0758. The van der Waals surface area contributed by atoms with Crippen molar-refractivity contribution < 1.29 is 4.79 Å². The van der Waals surface area contributed by atoms with Gasteiger partial charge in [0.25, 0.3) is 0 Å². The number of halogens is 1. The van der Waals surface area contributed by atoms with Crippen molar-refractivity contribution in [1.82, 2.24) is 4.57 Å². The van der Waals surface area contributed by atoms with Crippen LogP contribution in [-0.4, -0.2) is 17.0 Å². The highest BCUT2D eigenvalue weighted by Crippen LogP contribution is 2.31. The number of nitrogens with two attached hydrogens (primary N) is 1. The Morgan fingerprint density at radius 3 is 2.74 bits per heavy atom. The van der Waals surface area contributed by atoms with Gasteiger partial charge in [-0.3, -0.25) is 14.2 Å². The van der Waals surface area contributed by atoms with Gasteiger partial charge < -0.3 is 10.6 Å². The van der Waals surface area contributed by atoms with E-state index in [4.69, 9.17) is 5.73 Å². The predicted molar refractivity (Wildman–Crippen MR) is 96.8 cm³/mol. The van der Waals surface area contributed by atoms with Crippen molar-refractivity contribution in [2.24, 2.45) is 0 Å². The Bertz CT molecular complexity index is 797. The van der Waals surface area contributed by atoms with Gasteiger partial charge in [-0.05, 0) is 44.4 Å². The van der Waals surface area contributed by atoms with Crippen molar-refractivity contribution in [3.8, 4) is 0 Å². The van der Waals surface area contributed by atoms with Crippen molar-refractivity contribution in [3.05, 3.63) is 44.0 Å². The zero-order valence-electron chi connectivity index (χ0n) is 13.2. The predicted octanol–water partition coefficient (Wildman–Crippen LogP) is 2.51. The number of nitrogen functional groups attached to an aromatic ring is 1. The van der Waals surface area contributed by atoms with Gasteiger partial charge in [-0.25, -0.2) is 0 Å². The van der Waals surface area contributed by atoms with Crippen LogP contribution in [0.5, 0.6) is 0 Å². The summed E-state index contributed by atoms with van der Waals surface area (Å²) in [5, 5.41) is 0. The van der Waals surface area contributed by atoms with Gasteiger partial charge in [-0.1, -0.05) is 17.4 Å². The molecule has 7 heteroatoms. The highest BCUT2D eigenvalue weighted by Gasteiger charge is 2.24. The van der Waals surface area contributed by atoms with Crippen molar-refractivity contribution in [2.45, 2.75) is 33.2 Å². The van der Waals surface area contributed by atoms with Crippen LogP contribution >= 0.6 is 23.7 Å². The fourth-order valence-corrected chi connectivity index (χ4v) is 3.73. The molecular weight excluding hydrogens is 334 g/mol. The number of rotatable bonds is 2. The number of benzene rings is 1. The zero-order valence-corrected chi connectivity index (χ0v) is 14.8. The van der Waals surface area contributed by atoms with E-state index in [0.717, 1.165) is 40.4 Å². The Hall–Kier alpha value is -1.79. The molecule has 1 aromatic carbocycles. The zero-order chi connectivity index (χ0) is 15.9.